The first kappa shape index (κ1) is 18.3. The van der Waals surface area contributed by atoms with Gasteiger partial charge in [0, 0.05) is 19.5 Å². The Bertz CT molecular complexity index is 755. The topological polar surface area (TPSA) is 40.5 Å². The lowest BCUT2D eigenvalue weighted by atomic mass is 9.97. The van der Waals surface area contributed by atoms with Crippen LogP contribution in [-0.2, 0) is 4.79 Å². The van der Waals surface area contributed by atoms with E-state index in [4.69, 9.17) is 5.11 Å². The molecule has 2 aromatic carbocycles. The maximum atomic E-state index is 13.3. The first-order chi connectivity index (χ1) is 12.6. The van der Waals surface area contributed by atoms with Gasteiger partial charge in [0.15, 0.2) is 0 Å². The molecule has 1 aliphatic heterocycles. The summed E-state index contributed by atoms with van der Waals surface area (Å²) in [6.45, 7) is 2.73. The van der Waals surface area contributed by atoms with Crippen LogP contribution < -0.4 is 0 Å². The summed E-state index contributed by atoms with van der Waals surface area (Å²) in [6.07, 6.45) is 4.30. The fourth-order valence-electron chi connectivity index (χ4n) is 3.57. The summed E-state index contributed by atoms with van der Waals surface area (Å²) in [5, 5.41) is 8.93. The summed E-state index contributed by atoms with van der Waals surface area (Å²) >= 11 is 0. The number of aliphatic carboxylic acids is 1. The molecule has 1 heterocycles. The number of halogens is 1. The first-order valence-electron chi connectivity index (χ1n) is 9.07. The molecule has 0 saturated carbocycles. The molecule has 4 heteroatoms. The van der Waals surface area contributed by atoms with Gasteiger partial charge in [-0.3, -0.25) is 4.79 Å². The summed E-state index contributed by atoms with van der Waals surface area (Å²) < 4.78 is 13.3. The molecular weight excluding hydrogens is 329 g/mol. The highest BCUT2D eigenvalue weighted by atomic mass is 19.1. The summed E-state index contributed by atoms with van der Waals surface area (Å²) in [4.78, 5) is 13.2. The molecule has 26 heavy (non-hydrogen) atoms. The van der Waals surface area contributed by atoms with E-state index in [2.05, 4.69) is 23.1 Å². The normalized spacial score (nSPS) is 18.2. The number of hydrogen-bond donors (Lipinski definition) is 1. The minimum atomic E-state index is -0.709. The van der Waals surface area contributed by atoms with Gasteiger partial charge < -0.3 is 10.0 Å². The largest absolute Gasteiger partial charge is 0.481 e. The van der Waals surface area contributed by atoms with E-state index < -0.39 is 5.97 Å². The zero-order valence-electron chi connectivity index (χ0n) is 14.8. The fraction of sp³-hybridized carbons (Fsp3) is 0.318. The van der Waals surface area contributed by atoms with Crippen molar-refractivity contribution in [2.75, 3.05) is 19.6 Å². The minimum absolute atomic E-state index is 0.234. The van der Waals surface area contributed by atoms with Crippen LogP contribution >= 0.6 is 0 Å². The highest BCUT2D eigenvalue weighted by Crippen LogP contribution is 2.25. The number of likely N-dealkylation sites (tertiary alicyclic amines) is 1. The van der Waals surface area contributed by atoms with Crippen molar-refractivity contribution in [3.8, 4) is 0 Å². The molecule has 0 spiro atoms. The van der Waals surface area contributed by atoms with Crippen LogP contribution in [0.2, 0.25) is 0 Å². The predicted molar refractivity (Wildman–Crippen MR) is 101 cm³/mol. The number of benzene rings is 2. The number of rotatable bonds is 7. The van der Waals surface area contributed by atoms with E-state index in [1.807, 2.05) is 30.3 Å². The van der Waals surface area contributed by atoms with Gasteiger partial charge in [-0.05, 0) is 54.1 Å². The van der Waals surface area contributed by atoms with Gasteiger partial charge in [-0.25, -0.2) is 4.39 Å². The first-order valence-corrected chi connectivity index (χ1v) is 9.07. The smallest absolute Gasteiger partial charge is 0.303 e. The Morgan fingerprint density at radius 3 is 2.50 bits per heavy atom. The lowest BCUT2D eigenvalue weighted by molar-refractivity contribution is -0.138. The third-order valence-corrected chi connectivity index (χ3v) is 4.87. The van der Waals surface area contributed by atoms with Crippen molar-refractivity contribution in [1.29, 1.82) is 0 Å². The van der Waals surface area contributed by atoms with Crippen LogP contribution in [0.5, 0.6) is 0 Å². The molecule has 0 amide bonds. The minimum Gasteiger partial charge on any atom is -0.481 e. The van der Waals surface area contributed by atoms with Crippen molar-refractivity contribution in [2.45, 2.75) is 19.3 Å². The molecule has 1 unspecified atom stereocenters. The maximum absolute atomic E-state index is 13.3. The van der Waals surface area contributed by atoms with Crippen LogP contribution in [0.15, 0.2) is 60.7 Å². The second kappa shape index (κ2) is 8.77. The second-order valence-electron chi connectivity index (χ2n) is 6.83. The molecule has 1 fully saturated rings. The van der Waals surface area contributed by atoms with E-state index in [-0.39, 0.29) is 18.2 Å². The van der Waals surface area contributed by atoms with Crippen LogP contribution in [0.4, 0.5) is 4.39 Å². The Labute approximate surface area is 153 Å². The van der Waals surface area contributed by atoms with Gasteiger partial charge in [-0.2, -0.15) is 0 Å². The van der Waals surface area contributed by atoms with Crippen molar-refractivity contribution in [1.82, 2.24) is 4.90 Å². The van der Waals surface area contributed by atoms with Crippen molar-refractivity contribution < 1.29 is 14.3 Å². The molecule has 1 atom stereocenters. The lowest BCUT2D eigenvalue weighted by Crippen LogP contribution is -2.22. The third kappa shape index (κ3) is 5.02. The molecule has 1 N–H and O–H groups in total. The summed E-state index contributed by atoms with van der Waals surface area (Å²) in [5.74, 6) is -0.677. The maximum Gasteiger partial charge on any atom is 0.303 e. The van der Waals surface area contributed by atoms with Gasteiger partial charge in [0.2, 0.25) is 0 Å². The van der Waals surface area contributed by atoms with Gasteiger partial charge >= 0.3 is 5.97 Å². The lowest BCUT2D eigenvalue weighted by Gasteiger charge is -2.15. The Kier molecular flexibility index (Phi) is 6.18. The second-order valence-corrected chi connectivity index (χ2v) is 6.83. The van der Waals surface area contributed by atoms with Gasteiger partial charge in [0.25, 0.3) is 0 Å². The average molecular weight is 353 g/mol. The van der Waals surface area contributed by atoms with Gasteiger partial charge in [0.1, 0.15) is 5.82 Å². The fourth-order valence-corrected chi connectivity index (χ4v) is 3.57. The van der Waals surface area contributed by atoms with Crippen molar-refractivity contribution in [3.63, 3.8) is 0 Å². The van der Waals surface area contributed by atoms with Crippen molar-refractivity contribution in [3.05, 3.63) is 77.6 Å². The molecule has 3 rings (SSSR count). The number of carboxylic acid groups (broad SMARTS) is 1. The molecule has 0 aliphatic carbocycles. The molecular formula is C22H24FNO2. The standard InChI is InChI=1S/C22H24FNO2/c23-20-10-8-19(9-11-20)21(18-5-2-1-3-6-18)7-4-13-24-14-12-17(16-24)15-22(25)26/h1-3,5-11,17H,4,12-16H2,(H,25,26). The zero-order chi connectivity index (χ0) is 18.4. The van der Waals surface area contributed by atoms with Gasteiger partial charge in [-0.1, -0.05) is 48.5 Å². The Hall–Kier alpha value is -2.46. The number of carboxylic acids is 1. The Morgan fingerprint density at radius 2 is 1.81 bits per heavy atom. The van der Waals surface area contributed by atoms with E-state index in [0.29, 0.717) is 0 Å². The van der Waals surface area contributed by atoms with Crippen molar-refractivity contribution >= 4 is 11.5 Å². The van der Waals surface area contributed by atoms with Crippen LogP contribution in [0, 0.1) is 11.7 Å². The zero-order valence-corrected chi connectivity index (χ0v) is 14.8. The van der Waals surface area contributed by atoms with Gasteiger partial charge in [0.05, 0.1) is 0 Å². The SMILES string of the molecule is O=C(O)CC1CCN(CCC=C(c2ccccc2)c2ccc(F)cc2)C1. The monoisotopic (exact) mass is 353 g/mol. The van der Waals surface area contributed by atoms with Gasteiger partial charge in [-0.15, -0.1) is 0 Å². The number of nitrogens with zero attached hydrogens (tertiary/aromatic N) is 1. The molecule has 0 bridgehead atoms. The quantitative estimate of drug-likeness (QED) is 0.800. The van der Waals surface area contributed by atoms with E-state index in [9.17, 15) is 9.18 Å². The van der Waals surface area contributed by atoms with E-state index in [0.717, 1.165) is 49.2 Å². The molecule has 2 aromatic rings. The van der Waals surface area contributed by atoms with Crippen LogP contribution in [0.25, 0.3) is 5.57 Å². The molecule has 1 aliphatic rings. The molecule has 1 saturated heterocycles. The number of carbonyl (C=O) groups is 1. The van der Waals surface area contributed by atoms with E-state index in [1.165, 1.54) is 12.1 Å². The van der Waals surface area contributed by atoms with Crippen LogP contribution in [0.3, 0.4) is 0 Å². The van der Waals surface area contributed by atoms with Crippen molar-refractivity contribution in [2.24, 2.45) is 5.92 Å². The highest BCUT2D eigenvalue weighted by molar-refractivity contribution is 5.79. The average Bonchev–Trinajstić information content (AvgIpc) is 3.07. The Morgan fingerprint density at radius 1 is 1.12 bits per heavy atom. The summed E-state index contributed by atoms with van der Waals surface area (Å²) in [7, 11) is 0. The highest BCUT2D eigenvalue weighted by Gasteiger charge is 2.23. The summed E-state index contributed by atoms with van der Waals surface area (Å²) in [6, 6.07) is 16.7. The summed E-state index contributed by atoms with van der Waals surface area (Å²) in [5.41, 5.74) is 3.22. The van der Waals surface area contributed by atoms with E-state index >= 15 is 0 Å². The Balaban J connectivity index is 1.68. The molecule has 0 aromatic heterocycles. The number of hydrogen-bond acceptors (Lipinski definition) is 2. The van der Waals surface area contributed by atoms with Crippen LogP contribution in [-0.4, -0.2) is 35.6 Å². The van der Waals surface area contributed by atoms with Crippen LogP contribution in [0.1, 0.15) is 30.4 Å². The van der Waals surface area contributed by atoms with E-state index in [1.54, 1.807) is 0 Å². The predicted octanol–water partition coefficient (Wildman–Crippen LogP) is 4.44. The molecule has 0 radical (unpaired) electrons. The third-order valence-electron chi connectivity index (χ3n) is 4.87. The molecule has 3 nitrogen and oxygen atoms in total. The molecule has 136 valence electrons.